The number of hydrogen-bond acceptors (Lipinski definition) is 4. The van der Waals surface area contributed by atoms with Gasteiger partial charge in [-0.2, -0.15) is 0 Å². The number of sulfonamides is 1. The Kier molecular flexibility index (Phi) is 6.38. The second kappa shape index (κ2) is 8.92. The van der Waals surface area contributed by atoms with E-state index in [4.69, 9.17) is 0 Å². The van der Waals surface area contributed by atoms with Crippen LogP contribution in [0.25, 0.3) is 0 Å². The molecule has 0 heterocycles. The van der Waals surface area contributed by atoms with E-state index in [1.54, 1.807) is 31.2 Å². The van der Waals surface area contributed by atoms with Crippen LogP contribution in [0.1, 0.15) is 63.5 Å². The van der Waals surface area contributed by atoms with E-state index < -0.39 is 10.0 Å². The number of rotatable bonds is 8. The van der Waals surface area contributed by atoms with Crippen molar-refractivity contribution in [3.63, 3.8) is 0 Å². The van der Waals surface area contributed by atoms with E-state index in [9.17, 15) is 18.0 Å². The zero-order valence-corrected chi connectivity index (χ0v) is 19.6. The van der Waals surface area contributed by atoms with Crippen molar-refractivity contribution in [2.45, 2.75) is 63.5 Å². The maximum absolute atomic E-state index is 12.5. The molecule has 1 atom stereocenters. The molecule has 0 aliphatic heterocycles. The van der Waals surface area contributed by atoms with Gasteiger partial charge in [0.25, 0.3) is 0 Å². The SMILES string of the molecule is CC(NC(=O)CCNC(=O)NC12CC3CC(CC(C3)C1)C2)c1ccccc1NS(C)(=O)=O. The van der Waals surface area contributed by atoms with Crippen LogP contribution in [0, 0.1) is 17.8 Å². The van der Waals surface area contributed by atoms with Crippen molar-refractivity contribution >= 4 is 27.6 Å². The molecule has 32 heavy (non-hydrogen) atoms. The third-order valence-corrected chi connectivity index (χ3v) is 7.75. The first-order valence-corrected chi connectivity index (χ1v) is 13.4. The van der Waals surface area contributed by atoms with Crippen LogP contribution in [-0.2, 0) is 14.8 Å². The molecular formula is C23H34N4O4S. The number of urea groups is 1. The number of hydrogen-bond donors (Lipinski definition) is 4. The summed E-state index contributed by atoms with van der Waals surface area (Å²) in [5.74, 6) is 2.07. The molecule has 4 N–H and O–H groups in total. The fourth-order valence-electron chi connectivity index (χ4n) is 6.40. The van der Waals surface area contributed by atoms with Crippen molar-refractivity contribution in [2.75, 3.05) is 17.5 Å². The first-order chi connectivity index (χ1) is 15.1. The number of nitrogens with one attached hydrogen (secondary N) is 4. The van der Waals surface area contributed by atoms with Gasteiger partial charge in [0, 0.05) is 18.5 Å². The van der Waals surface area contributed by atoms with Gasteiger partial charge in [0.15, 0.2) is 0 Å². The Balaban J connectivity index is 1.23. The number of para-hydroxylation sites is 1. The Labute approximate surface area is 190 Å². The lowest BCUT2D eigenvalue weighted by Crippen LogP contribution is -2.61. The Bertz CT molecular complexity index is 943. The molecule has 1 aromatic carbocycles. The highest BCUT2D eigenvalue weighted by Gasteiger charge is 2.51. The molecule has 0 radical (unpaired) electrons. The molecule has 9 heteroatoms. The number of amides is 3. The molecule has 3 amide bonds. The molecule has 4 aliphatic carbocycles. The average Bonchev–Trinajstić information content (AvgIpc) is 2.65. The predicted octanol–water partition coefficient (Wildman–Crippen LogP) is 2.89. The summed E-state index contributed by atoms with van der Waals surface area (Å²) >= 11 is 0. The van der Waals surface area contributed by atoms with Gasteiger partial charge in [-0.05, 0) is 74.8 Å². The van der Waals surface area contributed by atoms with Crippen LogP contribution < -0.4 is 20.7 Å². The highest BCUT2D eigenvalue weighted by molar-refractivity contribution is 7.92. The van der Waals surface area contributed by atoms with Crippen LogP contribution in [-0.4, -0.2) is 38.7 Å². The van der Waals surface area contributed by atoms with Crippen molar-refractivity contribution < 1.29 is 18.0 Å². The highest BCUT2D eigenvalue weighted by atomic mass is 32.2. The molecule has 4 saturated carbocycles. The fourth-order valence-corrected chi connectivity index (χ4v) is 6.98. The lowest BCUT2D eigenvalue weighted by atomic mass is 9.53. The summed E-state index contributed by atoms with van der Waals surface area (Å²) < 4.78 is 25.7. The number of benzene rings is 1. The summed E-state index contributed by atoms with van der Waals surface area (Å²) in [6.07, 6.45) is 8.48. The Morgan fingerprint density at radius 3 is 2.25 bits per heavy atom. The summed E-state index contributed by atoms with van der Waals surface area (Å²) in [5.41, 5.74) is 1.07. The average molecular weight is 463 g/mol. The molecule has 4 bridgehead atoms. The summed E-state index contributed by atoms with van der Waals surface area (Å²) in [6.45, 7) is 2.05. The number of anilines is 1. The third kappa shape index (κ3) is 5.54. The standard InChI is InChI=1S/C23H34N4O4S/c1-15(19-5-3-4-6-20(19)27-32(2,30)31)25-21(28)7-8-24-22(29)26-23-12-16-9-17(13-23)11-18(10-16)14-23/h3-6,15-18,27H,7-14H2,1-2H3,(H,25,28)(H2,24,26,29). The van der Waals surface area contributed by atoms with E-state index in [2.05, 4.69) is 20.7 Å². The first-order valence-electron chi connectivity index (χ1n) is 11.5. The molecule has 0 aromatic heterocycles. The van der Waals surface area contributed by atoms with Gasteiger partial charge in [0.1, 0.15) is 0 Å². The lowest BCUT2D eigenvalue weighted by Gasteiger charge is -2.56. The van der Waals surface area contributed by atoms with Gasteiger partial charge < -0.3 is 16.0 Å². The molecule has 4 fully saturated rings. The number of carbonyl (C=O) groups excluding carboxylic acids is 2. The predicted molar refractivity (Wildman–Crippen MR) is 124 cm³/mol. The van der Waals surface area contributed by atoms with Crippen molar-refractivity contribution in [2.24, 2.45) is 17.8 Å². The van der Waals surface area contributed by atoms with E-state index in [0.29, 0.717) is 11.3 Å². The zero-order chi connectivity index (χ0) is 22.9. The molecular weight excluding hydrogens is 428 g/mol. The van der Waals surface area contributed by atoms with E-state index in [0.717, 1.165) is 43.3 Å². The lowest BCUT2D eigenvalue weighted by molar-refractivity contribution is -0.121. The summed E-state index contributed by atoms with van der Waals surface area (Å²) in [6, 6.07) is 6.40. The molecule has 176 valence electrons. The van der Waals surface area contributed by atoms with Gasteiger partial charge in [-0.3, -0.25) is 9.52 Å². The normalized spacial score (nSPS) is 29.2. The van der Waals surface area contributed by atoms with Crippen molar-refractivity contribution in [1.82, 2.24) is 16.0 Å². The molecule has 1 aromatic rings. The minimum Gasteiger partial charge on any atom is -0.349 e. The fraction of sp³-hybridized carbons (Fsp3) is 0.652. The third-order valence-electron chi connectivity index (χ3n) is 7.15. The van der Waals surface area contributed by atoms with Gasteiger partial charge in [-0.15, -0.1) is 0 Å². The van der Waals surface area contributed by atoms with E-state index >= 15 is 0 Å². The molecule has 5 rings (SSSR count). The van der Waals surface area contributed by atoms with E-state index in [-0.39, 0.29) is 36.5 Å². The number of carbonyl (C=O) groups is 2. The highest BCUT2D eigenvalue weighted by Crippen LogP contribution is 2.55. The second-order valence-corrected chi connectivity index (χ2v) is 11.8. The van der Waals surface area contributed by atoms with Crippen molar-refractivity contribution in [3.8, 4) is 0 Å². The molecule has 4 aliphatic rings. The van der Waals surface area contributed by atoms with Crippen LogP contribution in [0.5, 0.6) is 0 Å². The summed E-state index contributed by atoms with van der Waals surface area (Å²) in [5, 5.41) is 8.97. The molecule has 1 unspecified atom stereocenters. The Hall–Kier alpha value is -2.29. The van der Waals surface area contributed by atoms with E-state index in [1.165, 1.54) is 19.3 Å². The maximum Gasteiger partial charge on any atom is 0.315 e. The van der Waals surface area contributed by atoms with Gasteiger partial charge >= 0.3 is 6.03 Å². The van der Waals surface area contributed by atoms with Crippen LogP contribution in [0.3, 0.4) is 0 Å². The topological polar surface area (TPSA) is 116 Å². The molecule has 0 saturated heterocycles. The minimum atomic E-state index is -3.42. The zero-order valence-electron chi connectivity index (χ0n) is 18.8. The van der Waals surface area contributed by atoms with Crippen LogP contribution in [0.4, 0.5) is 10.5 Å². The van der Waals surface area contributed by atoms with Gasteiger partial charge in [-0.1, -0.05) is 18.2 Å². The largest absolute Gasteiger partial charge is 0.349 e. The van der Waals surface area contributed by atoms with Crippen LogP contribution >= 0.6 is 0 Å². The van der Waals surface area contributed by atoms with E-state index in [1.807, 2.05) is 0 Å². The van der Waals surface area contributed by atoms with Crippen LogP contribution in [0.2, 0.25) is 0 Å². The van der Waals surface area contributed by atoms with Gasteiger partial charge in [0.2, 0.25) is 15.9 Å². The summed E-state index contributed by atoms with van der Waals surface area (Å²) in [4.78, 5) is 24.9. The second-order valence-electron chi connectivity index (χ2n) is 10.1. The van der Waals surface area contributed by atoms with Crippen molar-refractivity contribution in [3.05, 3.63) is 29.8 Å². The maximum atomic E-state index is 12.5. The molecule has 8 nitrogen and oxygen atoms in total. The quantitative estimate of drug-likeness (QED) is 0.475. The minimum absolute atomic E-state index is 0.0497. The van der Waals surface area contributed by atoms with Crippen molar-refractivity contribution in [1.29, 1.82) is 0 Å². The van der Waals surface area contributed by atoms with Crippen LogP contribution in [0.15, 0.2) is 24.3 Å². The smallest absolute Gasteiger partial charge is 0.315 e. The Morgan fingerprint density at radius 1 is 1.06 bits per heavy atom. The van der Waals surface area contributed by atoms with Gasteiger partial charge in [-0.25, -0.2) is 13.2 Å². The first kappa shape index (κ1) is 22.9. The van der Waals surface area contributed by atoms with Gasteiger partial charge in [0.05, 0.1) is 18.0 Å². The molecule has 0 spiro atoms. The Morgan fingerprint density at radius 2 is 1.66 bits per heavy atom. The summed E-state index contributed by atoms with van der Waals surface area (Å²) in [7, 11) is -3.42. The monoisotopic (exact) mass is 462 g/mol.